The molecule has 0 aromatic carbocycles. The van der Waals surface area contributed by atoms with Gasteiger partial charge >= 0.3 is 0 Å². The molecule has 4 aromatic heterocycles. The fourth-order valence-electron chi connectivity index (χ4n) is 4.31. The molecular formula is C26H25BrCl2N10O4. The second-order valence-corrected chi connectivity index (χ2v) is 11.8. The van der Waals surface area contributed by atoms with Crippen LogP contribution in [0.3, 0.4) is 0 Å². The smallest absolute Gasteiger partial charge is 0.276 e. The molecule has 43 heavy (non-hydrogen) atoms. The highest BCUT2D eigenvalue weighted by Gasteiger charge is 2.39. The summed E-state index contributed by atoms with van der Waals surface area (Å²) >= 11 is 15.2. The largest absolute Gasteiger partial charge is 0.384 e. The number of anilines is 3. The van der Waals surface area contributed by atoms with Crippen LogP contribution in [-0.4, -0.2) is 40.9 Å². The summed E-state index contributed by atoms with van der Waals surface area (Å²) in [5.74, 6) is 0.286. The molecule has 2 aliphatic heterocycles. The molecule has 0 atom stereocenters. The van der Waals surface area contributed by atoms with Gasteiger partial charge in [0.2, 0.25) is 0 Å². The Morgan fingerprint density at radius 2 is 1.33 bits per heavy atom. The van der Waals surface area contributed by atoms with Crippen LogP contribution >= 0.6 is 39.1 Å². The van der Waals surface area contributed by atoms with Crippen molar-refractivity contribution in [1.82, 2.24) is 39.7 Å². The Morgan fingerprint density at radius 3 is 1.79 bits per heavy atom. The predicted octanol–water partition coefficient (Wildman–Crippen LogP) is 3.23. The standard InChI is InChI=1S/C13H12ClN5O2.C9H8BrClN2O2.C4H5N3/c1-13(2)18-11(20)10-7(14)5-8(12(21)19(10)13)17-9-3-4-15-6-16-9;1-9(2)12-7(14)6-5(11)3-4(10)8(15)13(6)9;5-4-1-2-6-3-7-4/h3-6H,1-2H3,(H,18,20)(H,15,16,17);3H,1-2H3,(H,12,14);1-3H,(H2,5,6,7). The summed E-state index contributed by atoms with van der Waals surface area (Å²) in [7, 11) is 0. The van der Waals surface area contributed by atoms with E-state index in [-0.39, 0.29) is 50.1 Å². The van der Waals surface area contributed by atoms with Crippen molar-refractivity contribution in [2.24, 2.45) is 0 Å². The first-order chi connectivity index (χ1) is 20.1. The molecule has 6 heterocycles. The molecule has 2 amide bonds. The van der Waals surface area contributed by atoms with E-state index in [0.29, 0.717) is 16.1 Å². The van der Waals surface area contributed by atoms with Gasteiger partial charge in [0, 0.05) is 12.4 Å². The van der Waals surface area contributed by atoms with Gasteiger partial charge in [-0.3, -0.25) is 28.3 Å². The minimum atomic E-state index is -0.837. The molecule has 17 heteroatoms. The van der Waals surface area contributed by atoms with Crippen LogP contribution in [0.2, 0.25) is 10.0 Å². The SMILES string of the molecule is CC1(C)NC(=O)c2c(Cl)cc(Br)c(=O)n21.CC1(C)NC(=O)c2c(Cl)cc(Nc3ccncn3)c(=O)n21.Nc1ccncn1. The predicted molar refractivity (Wildman–Crippen MR) is 164 cm³/mol. The highest BCUT2D eigenvalue weighted by atomic mass is 79.9. The highest BCUT2D eigenvalue weighted by Crippen LogP contribution is 2.29. The third-order valence-corrected chi connectivity index (χ3v) is 7.25. The van der Waals surface area contributed by atoms with Gasteiger partial charge in [-0.05, 0) is 67.9 Å². The monoisotopic (exact) mass is 690 g/mol. The number of carbonyl (C=O) groups is 2. The summed E-state index contributed by atoms with van der Waals surface area (Å²) in [5.41, 5.74) is 3.64. The Hall–Kier alpha value is -4.34. The van der Waals surface area contributed by atoms with Gasteiger partial charge in [0.25, 0.3) is 22.9 Å². The van der Waals surface area contributed by atoms with Crippen molar-refractivity contribution in [2.45, 2.75) is 39.0 Å². The number of aromatic nitrogens is 6. The number of carbonyl (C=O) groups excluding carboxylic acids is 2. The van der Waals surface area contributed by atoms with Gasteiger partial charge in [0.15, 0.2) is 0 Å². The van der Waals surface area contributed by atoms with Crippen molar-refractivity contribution in [3.63, 3.8) is 0 Å². The zero-order chi connectivity index (χ0) is 31.7. The molecule has 0 saturated heterocycles. The fourth-order valence-corrected chi connectivity index (χ4v) is 5.40. The number of pyridine rings is 2. The Labute approximate surface area is 262 Å². The number of nitrogens with zero attached hydrogens (tertiary/aromatic N) is 6. The van der Waals surface area contributed by atoms with Crippen LogP contribution in [0.4, 0.5) is 17.3 Å². The van der Waals surface area contributed by atoms with Gasteiger partial charge in [-0.1, -0.05) is 23.2 Å². The first kappa shape index (κ1) is 31.6. The van der Waals surface area contributed by atoms with Gasteiger partial charge in [0.1, 0.15) is 52.7 Å². The lowest BCUT2D eigenvalue weighted by Crippen LogP contribution is -2.42. The molecule has 2 aliphatic rings. The van der Waals surface area contributed by atoms with Crippen LogP contribution in [0.1, 0.15) is 48.7 Å². The maximum Gasteiger partial charge on any atom is 0.276 e. The molecule has 0 fully saturated rings. The number of rotatable bonds is 2. The van der Waals surface area contributed by atoms with Crippen LogP contribution < -0.4 is 32.8 Å². The third kappa shape index (κ3) is 6.53. The molecule has 0 unspecified atom stereocenters. The van der Waals surface area contributed by atoms with Crippen LogP contribution in [0.5, 0.6) is 0 Å². The highest BCUT2D eigenvalue weighted by molar-refractivity contribution is 9.10. The molecule has 0 bridgehead atoms. The normalized spacial score (nSPS) is 15.0. The van der Waals surface area contributed by atoms with Gasteiger partial charge in [-0.2, -0.15) is 0 Å². The molecular weight excluding hydrogens is 667 g/mol. The maximum atomic E-state index is 12.6. The summed E-state index contributed by atoms with van der Waals surface area (Å²) in [6.45, 7) is 6.94. The van der Waals surface area contributed by atoms with Crippen molar-refractivity contribution >= 4 is 68.3 Å². The second kappa shape index (κ2) is 12.1. The van der Waals surface area contributed by atoms with Crippen LogP contribution in [0.15, 0.2) is 63.4 Å². The molecule has 0 radical (unpaired) electrons. The molecule has 0 aliphatic carbocycles. The quantitative estimate of drug-likeness (QED) is 0.243. The van der Waals surface area contributed by atoms with Crippen molar-refractivity contribution in [1.29, 1.82) is 0 Å². The molecule has 0 spiro atoms. The average molecular weight is 692 g/mol. The summed E-state index contributed by atoms with van der Waals surface area (Å²) in [5, 5.41) is 8.76. The summed E-state index contributed by atoms with van der Waals surface area (Å²) < 4.78 is 3.06. The lowest BCUT2D eigenvalue weighted by Gasteiger charge is -2.22. The van der Waals surface area contributed by atoms with Gasteiger partial charge in [0.05, 0.1) is 14.5 Å². The maximum absolute atomic E-state index is 12.6. The Kier molecular flexibility index (Phi) is 8.89. The number of nitrogen functional groups attached to an aromatic ring is 1. The van der Waals surface area contributed by atoms with E-state index < -0.39 is 11.3 Å². The van der Waals surface area contributed by atoms with Crippen molar-refractivity contribution in [2.75, 3.05) is 11.1 Å². The fraction of sp³-hybridized carbons (Fsp3) is 0.231. The lowest BCUT2D eigenvalue weighted by molar-refractivity contribution is 0.0925. The molecule has 14 nitrogen and oxygen atoms in total. The molecule has 0 saturated carbocycles. The number of amides is 2. The zero-order valence-electron chi connectivity index (χ0n) is 23.1. The van der Waals surface area contributed by atoms with Gasteiger partial charge in [-0.15, -0.1) is 0 Å². The second-order valence-electron chi connectivity index (χ2n) is 10.1. The summed E-state index contributed by atoms with van der Waals surface area (Å²) in [6, 6.07) is 6.13. The summed E-state index contributed by atoms with van der Waals surface area (Å²) in [4.78, 5) is 63.0. The average Bonchev–Trinajstić information content (AvgIpc) is 3.33. The van der Waals surface area contributed by atoms with E-state index in [1.165, 1.54) is 33.9 Å². The molecule has 6 rings (SSSR count). The van der Waals surface area contributed by atoms with E-state index in [1.54, 1.807) is 52.2 Å². The number of nitrogens with one attached hydrogen (secondary N) is 3. The van der Waals surface area contributed by atoms with Crippen LogP contribution in [-0.2, 0) is 11.3 Å². The minimum Gasteiger partial charge on any atom is -0.384 e. The van der Waals surface area contributed by atoms with Gasteiger partial charge < -0.3 is 21.7 Å². The molecule has 224 valence electrons. The van der Waals surface area contributed by atoms with Gasteiger partial charge in [-0.25, -0.2) is 19.9 Å². The zero-order valence-corrected chi connectivity index (χ0v) is 26.2. The third-order valence-electron chi connectivity index (χ3n) is 6.10. The summed E-state index contributed by atoms with van der Waals surface area (Å²) in [6.07, 6.45) is 5.93. The number of hydrogen-bond donors (Lipinski definition) is 4. The first-order valence-electron chi connectivity index (χ1n) is 12.4. The van der Waals surface area contributed by atoms with E-state index in [4.69, 9.17) is 28.9 Å². The van der Waals surface area contributed by atoms with Crippen molar-refractivity contribution < 1.29 is 9.59 Å². The van der Waals surface area contributed by atoms with E-state index in [2.05, 4.69) is 51.8 Å². The molecule has 5 N–H and O–H groups in total. The van der Waals surface area contributed by atoms with E-state index >= 15 is 0 Å². The Balaban J connectivity index is 0.000000167. The molecule has 4 aromatic rings. The lowest BCUT2D eigenvalue weighted by atomic mass is 10.2. The number of nitrogens with two attached hydrogens (primary N) is 1. The Morgan fingerprint density at radius 1 is 0.814 bits per heavy atom. The number of halogens is 3. The van der Waals surface area contributed by atoms with E-state index in [0.717, 1.165) is 0 Å². The van der Waals surface area contributed by atoms with E-state index in [1.807, 2.05) is 0 Å². The topological polar surface area (TPSA) is 192 Å². The van der Waals surface area contributed by atoms with E-state index in [9.17, 15) is 19.2 Å². The number of hydrogen-bond acceptors (Lipinski definition) is 10. The van der Waals surface area contributed by atoms with Crippen LogP contribution in [0, 0.1) is 0 Å². The van der Waals surface area contributed by atoms with Crippen molar-refractivity contribution in [3.8, 4) is 0 Å². The van der Waals surface area contributed by atoms with Crippen molar-refractivity contribution in [3.05, 3.63) is 95.9 Å². The first-order valence-corrected chi connectivity index (χ1v) is 14.0. The minimum absolute atomic E-state index is 0.167. The Bertz CT molecular complexity index is 1830. The van der Waals surface area contributed by atoms with Crippen LogP contribution in [0.25, 0.3) is 0 Å². The number of fused-ring (bicyclic) bond motifs is 2.